The third-order valence-electron chi connectivity index (χ3n) is 2.44. The van der Waals surface area contributed by atoms with Crippen LogP contribution in [-0.2, 0) is 6.54 Å². The van der Waals surface area contributed by atoms with Gasteiger partial charge in [-0.15, -0.1) is 0 Å². The van der Waals surface area contributed by atoms with Gasteiger partial charge in [0.25, 0.3) is 0 Å². The van der Waals surface area contributed by atoms with Gasteiger partial charge in [-0.25, -0.2) is 4.79 Å². The van der Waals surface area contributed by atoms with Crippen molar-refractivity contribution in [3.05, 3.63) is 43.9 Å². The highest BCUT2D eigenvalue weighted by Crippen LogP contribution is 2.23. The summed E-state index contributed by atoms with van der Waals surface area (Å²) in [5.41, 5.74) is 0.599. The first kappa shape index (κ1) is 13.3. The molecule has 8 nitrogen and oxygen atoms in total. The second-order valence-electron chi connectivity index (χ2n) is 3.75. The average Bonchev–Trinajstić information content (AvgIpc) is 2.84. The monoisotopic (exact) mass is 329 g/mol. The highest BCUT2D eigenvalue weighted by molar-refractivity contribution is 9.10. The second kappa shape index (κ2) is 4.84. The molecular formula is C10H8BrN3O5. The predicted molar refractivity (Wildman–Crippen MR) is 66.1 cm³/mol. The molecule has 0 aromatic carbocycles. The molecule has 1 N–H and O–H groups in total. The summed E-state index contributed by atoms with van der Waals surface area (Å²) in [6.45, 7) is 1.81. The maximum absolute atomic E-state index is 10.8. The maximum Gasteiger partial charge on any atom is 0.404 e. The third-order valence-corrected chi connectivity index (χ3v) is 3.00. The summed E-state index contributed by atoms with van der Waals surface area (Å²) >= 11 is 3.04. The van der Waals surface area contributed by atoms with Gasteiger partial charge in [0.15, 0.2) is 0 Å². The van der Waals surface area contributed by atoms with Crippen LogP contribution in [0.15, 0.2) is 21.2 Å². The molecule has 2 aromatic heterocycles. The highest BCUT2D eigenvalue weighted by atomic mass is 79.9. The minimum atomic E-state index is -1.16. The fourth-order valence-corrected chi connectivity index (χ4v) is 2.01. The van der Waals surface area contributed by atoms with Crippen molar-refractivity contribution in [2.45, 2.75) is 13.5 Å². The molecule has 9 heteroatoms. The number of carbonyl (C=O) groups is 1. The largest absolute Gasteiger partial charge is 0.475 e. The first-order chi connectivity index (χ1) is 8.88. The summed E-state index contributed by atoms with van der Waals surface area (Å²) in [5, 5.41) is 23.2. The molecule has 0 radical (unpaired) electrons. The normalized spacial score (nSPS) is 10.6. The zero-order valence-corrected chi connectivity index (χ0v) is 11.2. The molecule has 0 bridgehead atoms. The van der Waals surface area contributed by atoms with Gasteiger partial charge in [-0.1, -0.05) is 0 Å². The highest BCUT2D eigenvalue weighted by Gasteiger charge is 2.20. The molecule has 2 heterocycles. The quantitative estimate of drug-likeness (QED) is 0.679. The van der Waals surface area contributed by atoms with Gasteiger partial charge in [0.1, 0.15) is 10.2 Å². The summed E-state index contributed by atoms with van der Waals surface area (Å²) in [6.07, 6.45) is 1.45. The van der Waals surface area contributed by atoms with Crippen LogP contribution in [0.3, 0.4) is 0 Å². The van der Waals surface area contributed by atoms with Crippen LogP contribution in [0.5, 0.6) is 0 Å². The number of hydrogen-bond donors (Lipinski definition) is 1. The van der Waals surface area contributed by atoms with Gasteiger partial charge in [-0.3, -0.25) is 0 Å². The predicted octanol–water partition coefficient (Wildman–Crippen LogP) is 2.20. The van der Waals surface area contributed by atoms with Crippen molar-refractivity contribution in [1.29, 1.82) is 0 Å². The van der Waals surface area contributed by atoms with Gasteiger partial charge >= 0.3 is 11.8 Å². The molecule has 100 valence electrons. The number of hydrogen-bond acceptors (Lipinski definition) is 5. The summed E-state index contributed by atoms with van der Waals surface area (Å²) < 4.78 is 6.65. The Hall–Kier alpha value is -2.16. The molecule has 0 saturated heterocycles. The van der Waals surface area contributed by atoms with Gasteiger partial charge in [0.05, 0.1) is 17.8 Å². The Labute approximate surface area is 114 Å². The van der Waals surface area contributed by atoms with Crippen molar-refractivity contribution in [3.8, 4) is 0 Å². The van der Waals surface area contributed by atoms with Gasteiger partial charge in [0, 0.05) is 5.56 Å². The Morgan fingerprint density at radius 2 is 2.37 bits per heavy atom. The molecule has 0 amide bonds. The number of nitro groups is 1. The molecule has 0 aliphatic carbocycles. The number of furan rings is 1. The Kier molecular flexibility index (Phi) is 3.38. The van der Waals surface area contributed by atoms with Gasteiger partial charge < -0.3 is 19.6 Å². The molecule has 0 unspecified atom stereocenters. The fourth-order valence-electron chi connectivity index (χ4n) is 1.55. The first-order valence-electron chi connectivity index (χ1n) is 5.08. The van der Waals surface area contributed by atoms with Crippen molar-refractivity contribution >= 4 is 27.7 Å². The first-order valence-corrected chi connectivity index (χ1v) is 5.87. The third kappa shape index (κ3) is 2.65. The van der Waals surface area contributed by atoms with Crippen LogP contribution in [0.1, 0.15) is 21.9 Å². The second-order valence-corrected chi connectivity index (χ2v) is 4.61. The van der Waals surface area contributed by atoms with E-state index >= 15 is 0 Å². The van der Waals surface area contributed by atoms with Crippen molar-refractivity contribution in [2.75, 3.05) is 0 Å². The van der Waals surface area contributed by atoms with Crippen LogP contribution in [0, 0.1) is 17.0 Å². The number of aromatic nitrogens is 2. The zero-order valence-electron chi connectivity index (χ0n) is 9.66. The number of nitrogens with zero attached hydrogens (tertiary/aromatic N) is 3. The number of halogens is 1. The van der Waals surface area contributed by atoms with Crippen LogP contribution in [0.2, 0.25) is 0 Å². The number of rotatable bonds is 4. The number of aromatic carboxylic acids is 1. The van der Waals surface area contributed by atoms with Crippen LogP contribution < -0.4 is 0 Å². The summed E-state index contributed by atoms with van der Waals surface area (Å²) in [6, 6.07) is 1.37. The molecule has 2 aromatic rings. The van der Waals surface area contributed by atoms with Crippen LogP contribution in [-0.4, -0.2) is 25.8 Å². The molecule has 19 heavy (non-hydrogen) atoms. The van der Waals surface area contributed by atoms with E-state index in [0.29, 0.717) is 11.3 Å². The molecule has 2 rings (SSSR count). The van der Waals surface area contributed by atoms with Crippen molar-refractivity contribution in [1.82, 2.24) is 9.78 Å². The zero-order chi connectivity index (χ0) is 14.2. The van der Waals surface area contributed by atoms with E-state index in [-0.39, 0.29) is 22.6 Å². The topological polar surface area (TPSA) is 111 Å². The van der Waals surface area contributed by atoms with E-state index in [4.69, 9.17) is 9.52 Å². The Balaban J connectivity index is 2.28. The number of carboxylic acids is 1. The van der Waals surface area contributed by atoms with E-state index in [9.17, 15) is 14.9 Å². The molecular weight excluding hydrogens is 322 g/mol. The lowest BCUT2D eigenvalue weighted by Crippen LogP contribution is -2.01. The summed E-state index contributed by atoms with van der Waals surface area (Å²) in [7, 11) is 0. The fraction of sp³-hybridized carbons (Fsp3) is 0.200. The Bertz CT molecular complexity index is 660. The van der Waals surface area contributed by atoms with Gasteiger partial charge in [-0.2, -0.15) is 4.68 Å². The Morgan fingerprint density at radius 1 is 1.68 bits per heavy atom. The molecule has 0 saturated carbocycles. The lowest BCUT2D eigenvalue weighted by molar-refractivity contribution is -0.390. The van der Waals surface area contributed by atoms with E-state index in [1.807, 2.05) is 0 Å². The molecule has 0 fully saturated rings. The lowest BCUT2D eigenvalue weighted by Gasteiger charge is -1.94. The van der Waals surface area contributed by atoms with Crippen molar-refractivity contribution < 1.29 is 19.2 Å². The molecule has 0 aliphatic heterocycles. The van der Waals surface area contributed by atoms with Crippen molar-refractivity contribution in [2.24, 2.45) is 0 Å². The van der Waals surface area contributed by atoms with E-state index < -0.39 is 10.9 Å². The summed E-state index contributed by atoms with van der Waals surface area (Å²) in [5.74, 6) is -1.19. The van der Waals surface area contributed by atoms with E-state index in [2.05, 4.69) is 21.0 Å². The maximum atomic E-state index is 10.8. The van der Waals surface area contributed by atoms with E-state index in [1.165, 1.54) is 16.9 Å². The number of carboxylic acid groups (broad SMARTS) is 1. The van der Waals surface area contributed by atoms with E-state index in [1.54, 1.807) is 6.92 Å². The van der Waals surface area contributed by atoms with Crippen LogP contribution in [0.4, 0.5) is 5.82 Å². The van der Waals surface area contributed by atoms with Gasteiger partial charge in [-0.05, 0) is 33.8 Å². The van der Waals surface area contributed by atoms with Crippen molar-refractivity contribution in [3.63, 3.8) is 0 Å². The lowest BCUT2D eigenvalue weighted by atomic mass is 10.2. The smallest absolute Gasteiger partial charge is 0.404 e. The molecule has 0 spiro atoms. The standard InChI is InChI=1S/C10H8BrN3O5/c1-5-6(2-8(19-5)10(15)16)3-13-4-7(11)9(12-13)14(17)18/h2,4H,3H2,1H3,(H,15,16). The van der Waals surface area contributed by atoms with E-state index in [0.717, 1.165) is 0 Å². The molecule has 0 atom stereocenters. The summed E-state index contributed by atoms with van der Waals surface area (Å²) in [4.78, 5) is 20.8. The van der Waals surface area contributed by atoms with Crippen LogP contribution >= 0.6 is 15.9 Å². The minimum Gasteiger partial charge on any atom is -0.475 e. The SMILES string of the molecule is Cc1oc(C(=O)O)cc1Cn1cc(Br)c([N+](=O)[O-])n1. The minimum absolute atomic E-state index is 0.173. The van der Waals surface area contributed by atoms with Crippen LogP contribution in [0.25, 0.3) is 0 Å². The Morgan fingerprint density at radius 3 is 2.84 bits per heavy atom. The average molecular weight is 330 g/mol. The van der Waals surface area contributed by atoms with Gasteiger partial charge in [0.2, 0.25) is 5.76 Å². The number of aryl methyl sites for hydroxylation is 1. The molecule has 0 aliphatic rings.